The minimum atomic E-state index is -0.300. The van der Waals surface area contributed by atoms with Crippen molar-refractivity contribution in [1.82, 2.24) is 0 Å². The lowest BCUT2D eigenvalue weighted by molar-refractivity contribution is 0.0601. The summed E-state index contributed by atoms with van der Waals surface area (Å²) in [7, 11) is 1.45. The van der Waals surface area contributed by atoms with E-state index in [4.69, 9.17) is 10.5 Å². The monoisotopic (exact) mass is 439 g/mol. The zero-order chi connectivity index (χ0) is 22.2. The summed E-state index contributed by atoms with van der Waals surface area (Å²) in [5, 5.41) is 0. The Morgan fingerprint density at radius 2 is 1.90 bits per heavy atom. The van der Waals surface area contributed by atoms with Crippen molar-refractivity contribution >= 4 is 17.7 Å². The summed E-state index contributed by atoms with van der Waals surface area (Å²) >= 11 is 2.01. The topological polar surface area (TPSA) is 52.3 Å². The van der Waals surface area contributed by atoms with Crippen LogP contribution in [-0.4, -0.2) is 24.6 Å². The van der Waals surface area contributed by atoms with Crippen LogP contribution in [0.2, 0.25) is 0 Å². The van der Waals surface area contributed by atoms with E-state index < -0.39 is 0 Å². The first-order chi connectivity index (χ1) is 15.1. The molecule has 3 nitrogen and oxygen atoms in total. The normalized spacial score (nSPS) is 15.6. The van der Waals surface area contributed by atoms with Gasteiger partial charge in [0.1, 0.15) is 0 Å². The summed E-state index contributed by atoms with van der Waals surface area (Å²) in [6.07, 6.45) is 8.00. The van der Waals surface area contributed by atoms with Crippen LogP contribution < -0.4 is 5.73 Å². The van der Waals surface area contributed by atoms with Gasteiger partial charge in [0.05, 0.1) is 12.7 Å². The fraction of sp³-hybridized carbons (Fsp3) is 0.519. The van der Waals surface area contributed by atoms with Crippen molar-refractivity contribution in [2.75, 3.05) is 18.6 Å². The number of carbonyl (C=O) groups excluding carboxylic acids is 1. The Labute approximate surface area is 192 Å². The molecule has 2 aromatic rings. The lowest BCUT2D eigenvalue weighted by atomic mass is 9.78. The van der Waals surface area contributed by atoms with Crippen LogP contribution in [0.25, 0.3) is 11.1 Å². The quantitative estimate of drug-likeness (QED) is 0.441. The van der Waals surface area contributed by atoms with Gasteiger partial charge in [-0.3, -0.25) is 0 Å². The highest BCUT2D eigenvalue weighted by Gasteiger charge is 2.26. The van der Waals surface area contributed by atoms with E-state index in [0.717, 1.165) is 39.7 Å². The lowest BCUT2D eigenvalue weighted by Crippen LogP contribution is -2.18. The number of nitrogens with two attached hydrogens (primary N) is 1. The maximum atomic E-state index is 12.7. The highest BCUT2D eigenvalue weighted by molar-refractivity contribution is 7.99. The molecular formula is C27H37NO2S. The van der Waals surface area contributed by atoms with E-state index in [0.29, 0.717) is 18.0 Å². The predicted octanol–water partition coefficient (Wildman–Crippen LogP) is 6.71. The van der Waals surface area contributed by atoms with E-state index in [1.807, 2.05) is 30.0 Å². The van der Waals surface area contributed by atoms with Crippen LogP contribution in [0.3, 0.4) is 0 Å². The summed E-state index contributed by atoms with van der Waals surface area (Å²) in [6.45, 7) is 4.74. The number of hydrogen-bond acceptors (Lipinski definition) is 4. The molecule has 1 saturated carbocycles. The molecule has 1 aliphatic rings. The average molecular weight is 440 g/mol. The van der Waals surface area contributed by atoms with Crippen molar-refractivity contribution in [3.8, 4) is 11.1 Å². The van der Waals surface area contributed by atoms with Crippen molar-refractivity contribution in [1.29, 1.82) is 0 Å². The number of benzene rings is 2. The zero-order valence-corrected chi connectivity index (χ0v) is 20.1. The van der Waals surface area contributed by atoms with Crippen LogP contribution in [0, 0.1) is 12.8 Å². The Balaban J connectivity index is 2.12. The molecule has 168 valence electrons. The van der Waals surface area contributed by atoms with E-state index >= 15 is 0 Å². The number of methoxy groups -OCH3 is 1. The second-order valence-corrected chi connectivity index (χ2v) is 9.98. The second-order valence-electron chi connectivity index (χ2n) is 8.66. The van der Waals surface area contributed by atoms with E-state index in [-0.39, 0.29) is 5.97 Å². The van der Waals surface area contributed by atoms with Crippen LogP contribution in [0.1, 0.15) is 78.4 Å². The largest absolute Gasteiger partial charge is 0.465 e. The molecule has 2 aromatic carbocycles. The number of aryl methyl sites for hydroxylation is 1. The highest BCUT2D eigenvalue weighted by Crippen LogP contribution is 2.40. The zero-order valence-electron chi connectivity index (χ0n) is 19.3. The number of thioether (sulfide) groups is 1. The molecule has 1 atom stereocenters. The van der Waals surface area contributed by atoms with Gasteiger partial charge in [0.15, 0.2) is 0 Å². The van der Waals surface area contributed by atoms with Gasteiger partial charge in [0.2, 0.25) is 0 Å². The van der Waals surface area contributed by atoms with E-state index in [9.17, 15) is 4.79 Å². The molecule has 1 fully saturated rings. The van der Waals surface area contributed by atoms with Gasteiger partial charge in [0, 0.05) is 17.9 Å². The standard InChI is InChI=1S/C27H37NO2S/c1-4-31-18-21(16-20-11-6-5-7-12-20)23-14-15-24(27(29)30-3)26(25(23)17-28)22-13-9-8-10-19(22)2/h8-10,13-15,20-21H,4-7,11-12,16-18,28H2,1-3H3. The third-order valence-electron chi connectivity index (χ3n) is 6.68. The third kappa shape index (κ3) is 5.72. The van der Waals surface area contributed by atoms with Crippen molar-refractivity contribution in [3.63, 3.8) is 0 Å². The van der Waals surface area contributed by atoms with Gasteiger partial charge < -0.3 is 10.5 Å². The smallest absolute Gasteiger partial charge is 0.338 e. The SMILES string of the molecule is CCSCC(CC1CCCCC1)c1ccc(C(=O)OC)c(-c2ccccc2C)c1CN. The fourth-order valence-electron chi connectivity index (χ4n) is 5.08. The molecule has 0 amide bonds. The Kier molecular flexibility index (Phi) is 9.03. The fourth-order valence-corrected chi connectivity index (χ4v) is 5.91. The maximum absolute atomic E-state index is 12.7. The molecule has 0 heterocycles. The van der Waals surface area contributed by atoms with E-state index in [2.05, 4.69) is 32.0 Å². The van der Waals surface area contributed by atoms with E-state index in [1.165, 1.54) is 51.2 Å². The van der Waals surface area contributed by atoms with Crippen LogP contribution in [0.4, 0.5) is 0 Å². The molecule has 3 rings (SSSR count). The third-order valence-corrected chi connectivity index (χ3v) is 7.72. The molecular weight excluding hydrogens is 402 g/mol. The molecule has 0 aromatic heterocycles. The van der Waals surface area contributed by atoms with Gasteiger partial charge in [-0.05, 0) is 59.3 Å². The van der Waals surface area contributed by atoms with Gasteiger partial charge in [0.25, 0.3) is 0 Å². The van der Waals surface area contributed by atoms with Crippen molar-refractivity contribution in [3.05, 3.63) is 58.7 Å². The molecule has 1 unspecified atom stereocenters. The average Bonchev–Trinajstić information content (AvgIpc) is 2.81. The summed E-state index contributed by atoms with van der Waals surface area (Å²) in [4.78, 5) is 12.7. The molecule has 0 saturated heterocycles. The minimum absolute atomic E-state index is 0.300. The predicted molar refractivity (Wildman–Crippen MR) is 133 cm³/mol. The molecule has 2 N–H and O–H groups in total. The van der Waals surface area contributed by atoms with Gasteiger partial charge >= 0.3 is 5.97 Å². The number of carbonyl (C=O) groups is 1. The number of ether oxygens (including phenoxy) is 1. The molecule has 1 aliphatic carbocycles. The molecule has 31 heavy (non-hydrogen) atoms. The van der Waals surface area contributed by atoms with Crippen molar-refractivity contribution in [2.24, 2.45) is 11.7 Å². The molecule has 4 heteroatoms. The summed E-state index contributed by atoms with van der Waals surface area (Å²) in [5.41, 5.74) is 12.6. The maximum Gasteiger partial charge on any atom is 0.338 e. The number of rotatable bonds is 9. The highest BCUT2D eigenvalue weighted by atomic mass is 32.2. The van der Waals surface area contributed by atoms with Gasteiger partial charge in [-0.2, -0.15) is 11.8 Å². The summed E-state index contributed by atoms with van der Waals surface area (Å²) in [6, 6.07) is 12.4. The summed E-state index contributed by atoms with van der Waals surface area (Å²) < 4.78 is 5.14. The lowest BCUT2D eigenvalue weighted by Gasteiger charge is -2.29. The first kappa shape index (κ1) is 23.9. The van der Waals surface area contributed by atoms with Gasteiger partial charge in [-0.1, -0.05) is 69.4 Å². The molecule has 0 spiro atoms. The Hall–Kier alpha value is -1.78. The molecule has 0 radical (unpaired) electrons. The Bertz CT molecular complexity index is 874. The first-order valence-corrected chi connectivity index (χ1v) is 12.8. The van der Waals surface area contributed by atoms with Gasteiger partial charge in [-0.15, -0.1) is 0 Å². The van der Waals surface area contributed by atoms with Gasteiger partial charge in [-0.25, -0.2) is 4.79 Å². The Morgan fingerprint density at radius 3 is 2.55 bits per heavy atom. The van der Waals surface area contributed by atoms with Crippen LogP contribution in [-0.2, 0) is 11.3 Å². The Morgan fingerprint density at radius 1 is 1.16 bits per heavy atom. The summed E-state index contributed by atoms with van der Waals surface area (Å²) in [5.74, 6) is 3.17. The van der Waals surface area contributed by atoms with Crippen LogP contribution >= 0.6 is 11.8 Å². The minimum Gasteiger partial charge on any atom is -0.465 e. The van der Waals surface area contributed by atoms with Crippen LogP contribution in [0.15, 0.2) is 36.4 Å². The second kappa shape index (κ2) is 11.7. The number of esters is 1. The van der Waals surface area contributed by atoms with E-state index in [1.54, 1.807) is 0 Å². The first-order valence-electron chi connectivity index (χ1n) is 11.7. The number of hydrogen-bond donors (Lipinski definition) is 1. The molecule has 0 aliphatic heterocycles. The van der Waals surface area contributed by atoms with Crippen molar-refractivity contribution < 1.29 is 9.53 Å². The van der Waals surface area contributed by atoms with Crippen molar-refractivity contribution in [2.45, 2.75) is 64.8 Å². The van der Waals surface area contributed by atoms with Crippen LogP contribution in [0.5, 0.6) is 0 Å². The molecule has 0 bridgehead atoms.